The summed E-state index contributed by atoms with van der Waals surface area (Å²) in [4.78, 5) is 51.0. The molecule has 4 aromatic carbocycles. The SMILES string of the molecule is O=C(Cn1c(SCc2cccc(F)c2F)cc(=O)c2ccccc21)N(CCN1CCCCC1)Cc1ccc(-c2ccc(C(F)(F)F)cc2)cc1.O=C(O)C(O)C(O)C(=O)O. The van der Waals surface area contributed by atoms with Crippen LogP contribution in [0.25, 0.3) is 22.0 Å². The minimum Gasteiger partial charge on any atom is -0.479 e. The van der Waals surface area contributed by atoms with Crippen LogP contribution in [0.5, 0.6) is 0 Å². The van der Waals surface area contributed by atoms with E-state index in [0.717, 1.165) is 67.0 Å². The second kappa shape index (κ2) is 20.6. The number of aliphatic carboxylic acids is 2. The zero-order valence-electron chi connectivity index (χ0n) is 32.0. The molecule has 1 aliphatic heterocycles. The standard InChI is InChI=1S/C39H36F5N3O2S.C4H6O6/c40-33-9-6-7-30(38(33)41)26-50-37-23-35(48)32-8-2-3-10-34(32)47(37)25-36(49)46(22-21-45-19-4-1-5-20-45)24-27-11-13-28(14-12-27)29-15-17-31(18-16-29)39(42,43)44;5-1(3(7)8)2(6)4(9)10/h2-3,6-18,23H,1,4-5,19-22,24-26H2;1-2,5-6H,(H,7,8)(H,9,10). The molecule has 1 aliphatic rings. The summed E-state index contributed by atoms with van der Waals surface area (Å²) < 4.78 is 69.4. The Bertz CT molecular complexity index is 2320. The van der Waals surface area contributed by atoms with Crippen molar-refractivity contribution >= 4 is 40.5 Å². The second-order valence-electron chi connectivity index (χ2n) is 14.0. The van der Waals surface area contributed by atoms with Crippen molar-refractivity contribution in [2.45, 2.75) is 61.5 Å². The minimum atomic E-state index is -4.41. The third kappa shape index (κ3) is 12.0. The number of para-hydroxylation sites is 1. The molecular weight excluding hydrogens is 814 g/mol. The Morgan fingerprint density at radius 3 is 1.98 bits per heavy atom. The van der Waals surface area contributed by atoms with Gasteiger partial charge in [0, 0.05) is 42.4 Å². The number of likely N-dealkylation sites (tertiary alicyclic amines) is 1. The van der Waals surface area contributed by atoms with Crippen LogP contribution in [0.1, 0.15) is 36.0 Å². The third-order valence-corrected chi connectivity index (χ3v) is 10.9. The number of rotatable bonds is 14. The predicted molar refractivity (Wildman–Crippen MR) is 214 cm³/mol. The molecule has 60 heavy (non-hydrogen) atoms. The van der Waals surface area contributed by atoms with Gasteiger partial charge in [-0.2, -0.15) is 13.2 Å². The topological polar surface area (TPSA) is 161 Å². The molecule has 4 N–H and O–H groups in total. The van der Waals surface area contributed by atoms with E-state index >= 15 is 0 Å². The number of piperidine rings is 1. The van der Waals surface area contributed by atoms with Gasteiger partial charge in [0.05, 0.1) is 16.1 Å². The maximum Gasteiger partial charge on any atom is 0.416 e. The lowest BCUT2D eigenvalue weighted by atomic mass is 10.0. The number of aromatic nitrogens is 1. The van der Waals surface area contributed by atoms with Gasteiger partial charge in [-0.05, 0) is 73.0 Å². The molecule has 0 saturated carbocycles. The number of aliphatic hydroxyl groups is 2. The maximum absolute atomic E-state index is 14.5. The van der Waals surface area contributed by atoms with E-state index in [-0.39, 0.29) is 29.2 Å². The van der Waals surface area contributed by atoms with Gasteiger partial charge in [0.2, 0.25) is 5.91 Å². The lowest BCUT2D eigenvalue weighted by molar-refractivity contribution is -0.165. The van der Waals surface area contributed by atoms with E-state index in [1.165, 1.54) is 36.8 Å². The number of carbonyl (C=O) groups is 3. The second-order valence-corrected chi connectivity index (χ2v) is 15.0. The number of carbonyl (C=O) groups excluding carboxylic acids is 1. The van der Waals surface area contributed by atoms with E-state index in [4.69, 9.17) is 20.4 Å². The van der Waals surface area contributed by atoms with E-state index in [9.17, 15) is 41.1 Å². The van der Waals surface area contributed by atoms with Gasteiger partial charge < -0.3 is 34.8 Å². The fourth-order valence-electron chi connectivity index (χ4n) is 6.52. The van der Waals surface area contributed by atoms with Crippen molar-refractivity contribution in [1.29, 1.82) is 0 Å². The summed E-state index contributed by atoms with van der Waals surface area (Å²) in [5, 5.41) is 33.4. The number of carboxylic acid groups (broad SMARTS) is 2. The summed E-state index contributed by atoms with van der Waals surface area (Å²) in [5.74, 6) is -5.56. The Hall–Kier alpha value is -5.62. The van der Waals surface area contributed by atoms with Crippen LogP contribution in [0.2, 0.25) is 0 Å². The highest BCUT2D eigenvalue weighted by molar-refractivity contribution is 7.98. The van der Waals surface area contributed by atoms with Crippen molar-refractivity contribution in [3.8, 4) is 11.1 Å². The summed E-state index contributed by atoms with van der Waals surface area (Å²) in [5.41, 5.74) is 2.03. The summed E-state index contributed by atoms with van der Waals surface area (Å²) >= 11 is 1.16. The van der Waals surface area contributed by atoms with Crippen molar-refractivity contribution in [2.24, 2.45) is 0 Å². The number of nitrogens with zero attached hydrogens (tertiary/aromatic N) is 3. The van der Waals surface area contributed by atoms with Gasteiger partial charge >= 0.3 is 18.1 Å². The normalized spacial score (nSPS) is 14.2. The van der Waals surface area contributed by atoms with E-state index in [0.29, 0.717) is 41.1 Å². The van der Waals surface area contributed by atoms with Crippen molar-refractivity contribution in [1.82, 2.24) is 14.4 Å². The number of amides is 1. The lowest BCUT2D eigenvalue weighted by Crippen LogP contribution is -2.41. The molecule has 5 aromatic rings. The molecular formula is C43H42F5N3O8S. The maximum atomic E-state index is 14.5. The third-order valence-electron chi connectivity index (χ3n) is 9.85. The number of aliphatic hydroxyl groups excluding tert-OH is 2. The van der Waals surface area contributed by atoms with Crippen LogP contribution in [0, 0.1) is 11.6 Å². The molecule has 11 nitrogen and oxygen atoms in total. The summed E-state index contributed by atoms with van der Waals surface area (Å²) in [7, 11) is 0. The number of thioether (sulfide) groups is 1. The summed E-state index contributed by atoms with van der Waals surface area (Å²) in [6, 6.07) is 24.9. The first kappa shape index (κ1) is 45.5. The zero-order valence-corrected chi connectivity index (χ0v) is 32.8. The van der Waals surface area contributed by atoms with Crippen LogP contribution < -0.4 is 5.43 Å². The van der Waals surface area contributed by atoms with Gasteiger partial charge in [-0.15, -0.1) is 11.8 Å². The Labute approximate surface area is 345 Å². The molecule has 1 amide bonds. The number of hydrogen-bond acceptors (Lipinski definition) is 8. The van der Waals surface area contributed by atoms with Crippen molar-refractivity contribution in [3.05, 3.63) is 136 Å². The number of halogens is 5. The zero-order chi connectivity index (χ0) is 43.6. The number of pyridine rings is 1. The van der Waals surface area contributed by atoms with Gasteiger partial charge in [-0.1, -0.05) is 67.1 Å². The molecule has 1 fully saturated rings. The first-order valence-electron chi connectivity index (χ1n) is 18.8. The van der Waals surface area contributed by atoms with Crippen LogP contribution in [0.3, 0.4) is 0 Å². The highest BCUT2D eigenvalue weighted by Crippen LogP contribution is 2.31. The van der Waals surface area contributed by atoms with Crippen molar-refractivity contribution < 1.29 is 56.8 Å². The monoisotopic (exact) mass is 855 g/mol. The van der Waals surface area contributed by atoms with Gasteiger partial charge in [-0.25, -0.2) is 18.4 Å². The van der Waals surface area contributed by atoms with Crippen LogP contribution in [-0.2, 0) is 39.4 Å². The first-order chi connectivity index (χ1) is 28.5. The lowest BCUT2D eigenvalue weighted by Gasteiger charge is -2.31. The smallest absolute Gasteiger partial charge is 0.416 e. The molecule has 318 valence electrons. The molecule has 2 atom stereocenters. The molecule has 0 radical (unpaired) electrons. The van der Waals surface area contributed by atoms with Crippen LogP contribution in [0.15, 0.2) is 107 Å². The summed E-state index contributed by atoms with van der Waals surface area (Å²) in [6.45, 7) is 3.31. The number of benzene rings is 4. The number of alkyl halides is 3. The minimum absolute atomic E-state index is 0.0551. The Morgan fingerprint density at radius 2 is 1.38 bits per heavy atom. The van der Waals surface area contributed by atoms with Crippen molar-refractivity contribution in [2.75, 3.05) is 26.2 Å². The molecule has 2 unspecified atom stereocenters. The Kier molecular flexibility index (Phi) is 15.6. The molecule has 1 saturated heterocycles. The predicted octanol–water partition coefficient (Wildman–Crippen LogP) is 6.65. The van der Waals surface area contributed by atoms with E-state index < -0.39 is 47.5 Å². The van der Waals surface area contributed by atoms with E-state index in [1.54, 1.807) is 33.7 Å². The molecule has 17 heteroatoms. The average molecular weight is 856 g/mol. The van der Waals surface area contributed by atoms with Crippen molar-refractivity contribution in [3.63, 3.8) is 0 Å². The van der Waals surface area contributed by atoms with E-state index in [2.05, 4.69) is 4.90 Å². The highest BCUT2D eigenvalue weighted by atomic mass is 32.2. The van der Waals surface area contributed by atoms with Gasteiger partial charge in [0.1, 0.15) is 6.54 Å². The van der Waals surface area contributed by atoms with Crippen LogP contribution >= 0.6 is 11.8 Å². The van der Waals surface area contributed by atoms with Gasteiger partial charge in [0.25, 0.3) is 0 Å². The molecule has 0 bridgehead atoms. The molecule has 0 spiro atoms. The van der Waals surface area contributed by atoms with Crippen LogP contribution in [0.4, 0.5) is 22.0 Å². The highest BCUT2D eigenvalue weighted by Gasteiger charge is 2.30. The van der Waals surface area contributed by atoms with E-state index in [1.807, 2.05) is 24.3 Å². The van der Waals surface area contributed by atoms with Gasteiger partial charge in [0.15, 0.2) is 29.3 Å². The molecule has 0 aliphatic carbocycles. The number of fused-ring (bicyclic) bond motifs is 1. The fraction of sp³-hybridized carbons (Fsp3) is 0.302. The first-order valence-corrected chi connectivity index (χ1v) is 19.8. The van der Waals surface area contributed by atoms with Gasteiger partial charge in [-0.3, -0.25) is 9.59 Å². The molecule has 6 rings (SSSR count). The Morgan fingerprint density at radius 1 is 0.783 bits per heavy atom. The molecule has 2 heterocycles. The average Bonchev–Trinajstić information content (AvgIpc) is 3.24. The Balaban J connectivity index is 0.000000606. The fourth-order valence-corrected chi connectivity index (χ4v) is 7.55. The number of hydrogen-bond donors (Lipinski definition) is 4. The largest absolute Gasteiger partial charge is 0.479 e. The quantitative estimate of drug-likeness (QED) is 0.0704. The molecule has 1 aromatic heterocycles. The van der Waals surface area contributed by atoms with Crippen LogP contribution in [-0.4, -0.2) is 91.0 Å². The summed E-state index contributed by atoms with van der Waals surface area (Å²) in [6.07, 6.45) is -5.55. The number of carboxylic acids is 2.